The first-order valence-corrected chi connectivity index (χ1v) is 6.91. The van der Waals surface area contributed by atoms with Crippen LogP contribution in [0.3, 0.4) is 0 Å². The Kier molecular flexibility index (Phi) is 5.21. The lowest BCUT2D eigenvalue weighted by atomic mass is 10.2. The number of likely N-dealkylation sites (tertiary alicyclic amines) is 1. The van der Waals surface area contributed by atoms with Gasteiger partial charge in [0.2, 0.25) is 0 Å². The Labute approximate surface area is 114 Å². The zero-order chi connectivity index (χ0) is 13.5. The summed E-state index contributed by atoms with van der Waals surface area (Å²) in [5, 5.41) is 0. The molecule has 0 spiro atoms. The summed E-state index contributed by atoms with van der Waals surface area (Å²) in [4.78, 5) is 14.3. The molecule has 4 heteroatoms. The normalized spacial score (nSPS) is 14.7. The van der Waals surface area contributed by atoms with E-state index in [1.807, 2.05) is 36.1 Å². The van der Waals surface area contributed by atoms with Gasteiger partial charge in [-0.05, 0) is 31.9 Å². The van der Waals surface area contributed by atoms with Crippen LogP contribution in [0, 0.1) is 0 Å². The monoisotopic (exact) mass is 263 g/mol. The first-order chi connectivity index (χ1) is 9.33. The molecule has 0 N–H and O–H groups in total. The van der Waals surface area contributed by atoms with Crippen molar-refractivity contribution in [2.75, 3.05) is 32.9 Å². The van der Waals surface area contributed by atoms with Gasteiger partial charge in [0, 0.05) is 19.7 Å². The maximum atomic E-state index is 12.4. The van der Waals surface area contributed by atoms with Crippen LogP contribution in [0.4, 0.5) is 0 Å². The minimum absolute atomic E-state index is 0.0736. The summed E-state index contributed by atoms with van der Waals surface area (Å²) >= 11 is 0. The van der Waals surface area contributed by atoms with Crippen molar-refractivity contribution in [1.82, 2.24) is 4.90 Å². The fourth-order valence-corrected chi connectivity index (χ4v) is 2.21. The van der Waals surface area contributed by atoms with Gasteiger partial charge in [0.25, 0.3) is 5.91 Å². The number of hydrogen-bond donors (Lipinski definition) is 0. The molecule has 0 aromatic heterocycles. The number of benzene rings is 1. The van der Waals surface area contributed by atoms with Gasteiger partial charge in [-0.25, -0.2) is 0 Å². The number of ether oxygens (including phenoxy) is 2. The van der Waals surface area contributed by atoms with E-state index in [2.05, 4.69) is 0 Å². The smallest absolute Gasteiger partial charge is 0.257 e. The van der Waals surface area contributed by atoms with Gasteiger partial charge in [-0.2, -0.15) is 0 Å². The van der Waals surface area contributed by atoms with Gasteiger partial charge < -0.3 is 14.4 Å². The molecule has 0 atom stereocenters. The summed E-state index contributed by atoms with van der Waals surface area (Å²) in [6.45, 7) is 5.35. The molecule has 19 heavy (non-hydrogen) atoms. The van der Waals surface area contributed by atoms with E-state index >= 15 is 0 Å². The quantitative estimate of drug-likeness (QED) is 0.739. The first-order valence-electron chi connectivity index (χ1n) is 6.91. The molecule has 4 nitrogen and oxygen atoms in total. The first kappa shape index (κ1) is 13.9. The Morgan fingerprint density at radius 3 is 2.68 bits per heavy atom. The average Bonchev–Trinajstić information content (AvgIpc) is 2.97. The lowest BCUT2D eigenvalue weighted by Crippen LogP contribution is -2.28. The van der Waals surface area contributed by atoms with E-state index in [9.17, 15) is 4.79 Å². The van der Waals surface area contributed by atoms with Gasteiger partial charge in [0.1, 0.15) is 12.4 Å². The minimum atomic E-state index is 0.0736. The molecule has 1 saturated heterocycles. The molecule has 1 aromatic carbocycles. The van der Waals surface area contributed by atoms with Crippen LogP contribution in [0.2, 0.25) is 0 Å². The molecule has 0 radical (unpaired) electrons. The van der Waals surface area contributed by atoms with Crippen LogP contribution < -0.4 is 4.74 Å². The van der Waals surface area contributed by atoms with Gasteiger partial charge in [0.15, 0.2) is 0 Å². The zero-order valence-corrected chi connectivity index (χ0v) is 11.4. The number of rotatable bonds is 6. The number of carbonyl (C=O) groups excluding carboxylic acids is 1. The average molecular weight is 263 g/mol. The van der Waals surface area contributed by atoms with Gasteiger partial charge in [0.05, 0.1) is 12.2 Å². The van der Waals surface area contributed by atoms with Crippen molar-refractivity contribution in [2.45, 2.75) is 19.8 Å². The van der Waals surface area contributed by atoms with Crippen molar-refractivity contribution in [1.29, 1.82) is 0 Å². The van der Waals surface area contributed by atoms with Crippen LogP contribution >= 0.6 is 0 Å². The highest BCUT2D eigenvalue weighted by Gasteiger charge is 2.22. The van der Waals surface area contributed by atoms with Crippen molar-refractivity contribution in [3.63, 3.8) is 0 Å². The number of carbonyl (C=O) groups is 1. The van der Waals surface area contributed by atoms with Gasteiger partial charge in [-0.15, -0.1) is 0 Å². The van der Waals surface area contributed by atoms with E-state index in [-0.39, 0.29) is 5.91 Å². The van der Waals surface area contributed by atoms with Crippen molar-refractivity contribution < 1.29 is 14.3 Å². The van der Waals surface area contributed by atoms with E-state index in [1.54, 1.807) is 0 Å². The van der Waals surface area contributed by atoms with E-state index in [0.717, 1.165) is 25.9 Å². The lowest BCUT2D eigenvalue weighted by Gasteiger charge is -2.17. The maximum Gasteiger partial charge on any atom is 0.257 e. The van der Waals surface area contributed by atoms with Crippen LogP contribution in [-0.2, 0) is 4.74 Å². The van der Waals surface area contributed by atoms with Crippen LogP contribution in [0.5, 0.6) is 5.75 Å². The van der Waals surface area contributed by atoms with Gasteiger partial charge in [-0.3, -0.25) is 4.79 Å². The van der Waals surface area contributed by atoms with Crippen LogP contribution in [0.1, 0.15) is 30.1 Å². The van der Waals surface area contributed by atoms with Crippen LogP contribution in [0.15, 0.2) is 24.3 Å². The molecule has 1 heterocycles. The molecule has 1 aliphatic rings. The molecule has 1 aromatic rings. The number of amides is 1. The molecule has 1 fully saturated rings. The topological polar surface area (TPSA) is 38.8 Å². The molecule has 1 amide bonds. The Hall–Kier alpha value is -1.55. The van der Waals surface area contributed by atoms with E-state index in [1.165, 1.54) is 0 Å². The highest BCUT2D eigenvalue weighted by atomic mass is 16.5. The molecular formula is C15H21NO3. The highest BCUT2D eigenvalue weighted by Crippen LogP contribution is 2.22. The summed E-state index contributed by atoms with van der Waals surface area (Å²) < 4.78 is 10.9. The fraction of sp³-hybridized carbons (Fsp3) is 0.533. The number of nitrogens with zero attached hydrogens (tertiary/aromatic N) is 1. The second-order valence-corrected chi connectivity index (χ2v) is 4.54. The van der Waals surface area contributed by atoms with Crippen molar-refractivity contribution >= 4 is 5.91 Å². The number of hydrogen-bond acceptors (Lipinski definition) is 3. The maximum absolute atomic E-state index is 12.4. The zero-order valence-electron chi connectivity index (χ0n) is 11.4. The highest BCUT2D eigenvalue weighted by molar-refractivity contribution is 5.97. The second kappa shape index (κ2) is 7.14. The largest absolute Gasteiger partial charge is 0.490 e. The molecule has 0 aliphatic carbocycles. The minimum Gasteiger partial charge on any atom is -0.490 e. The number of para-hydroxylation sites is 1. The van der Waals surface area contributed by atoms with E-state index in [4.69, 9.17) is 9.47 Å². The Bertz CT molecular complexity index is 414. The van der Waals surface area contributed by atoms with Gasteiger partial charge >= 0.3 is 0 Å². The van der Waals surface area contributed by atoms with E-state index in [0.29, 0.717) is 31.1 Å². The van der Waals surface area contributed by atoms with Crippen molar-refractivity contribution in [2.24, 2.45) is 0 Å². The molecule has 104 valence electrons. The predicted molar refractivity (Wildman–Crippen MR) is 73.6 cm³/mol. The molecule has 2 rings (SSSR count). The summed E-state index contributed by atoms with van der Waals surface area (Å²) in [7, 11) is 0. The summed E-state index contributed by atoms with van der Waals surface area (Å²) in [6, 6.07) is 7.43. The third-order valence-corrected chi connectivity index (χ3v) is 3.20. The third-order valence-electron chi connectivity index (χ3n) is 3.20. The molecular weight excluding hydrogens is 242 g/mol. The second-order valence-electron chi connectivity index (χ2n) is 4.54. The third kappa shape index (κ3) is 3.70. The Balaban J connectivity index is 2.00. The Morgan fingerprint density at radius 2 is 1.95 bits per heavy atom. The van der Waals surface area contributed by atoms with Crippen molar-refractivity contribution in [3.8, 4) is 5.75 Å². The fourth-order valence-electron chi connectivity index (χ4n) is 2.21. The summed E-state index contributed by atoms with van der Waals surface area (Å²) in [5.41, 5.74) is 0.654. The summed E-state index contributed by atoms with van der Waals surface area (Å²) in [5.74, 6) is 0.726. The molecule has 0 unspecified atom stereocenters. The van der Waals surface area contributed by atoms with E-state index < -0.39 is 0 Å². The standard InChI is InChI=1S/C15H21NO3/c1-2-18-11-12-19-14-8-4-3-7-13(14)15(17)16-9-5-6-10-16/h3-4,7-8H,2,5-6,9-12H2,1H3. The summed E-state index contributed by atoms with van der Waals surface area (Å²) in [6.07, 6.45) is 2.19. The lowest BCUT2D eigenvalue weighted by molar-refractivity contribution is 0.0781. The van der Waals surface area contributed by atoms with Crippen LogP contribution in [-0.4, -0.2) is 43.7 Å². The molecule has 0 bridgehead atoms. The van der Waals surface area contributed by atoms with Crippen molar-refractivity contribution in [3.05, 3.63) is 29.8 Å². The van der Waals surface area contributed by atoms with Gasteiger partial charge in [-0.1, -0.05) is 12.1 Å². The van der Waals surface area contributed by atoms with Crippen LogP contribution in [0.25, 0.3) is 0 Å². The Morgan fingerprint density at radius 1 is 1.21 bits per heavy atom. The predicted octanol–water partition coefficient (Wildman–Crippen LogP) is 2.34. The molecule has 1 aliphatic heterocycles. The molecule has 0 saturated carbocycles. The SMILES string of the molecule is CCOCCOc1ccccc1C(=O)N1CCCC1.